The highest BCUT2D eigenvalue weighted by molar-refractivity contribution is 7.80. The number of nitro benzene ring substituents is 1. The minimum absolute atomic E-state index is 0.0830. The van der Waals surface area contributed by atoms with Crippen LogP contribution >= 0.6 is 12.2 Å². The summed E-state index contributed by atoms with van der Waals surface area (Å²) >= 11 is 5.13. The van der Waals surface area contributed by atoms with Gasteiger partial charge in [0.1, 0.15) is 5.75 Å². The third-order valence-electron chi connectivity index (χ3n) is 4.41. The van der Waals surface area contributed by atoms with Crippen LogP contribution in [0.5, 0.6) is 5.75 Å². The fourth-order valence-electron chi connectivity index (χ4n) is 2.77. The lowest BCUT2D eigenvalue weighted by Gasteiger charge is -2.07. The third-order valence-corrected chi connectivity index (χ3v) is 4.64. The molecule has 1 aromatic carbocycles. The molecule has 8 heteroatoms. The maximum Gasteiger partial charge on any atom is 0.270 e. The second kappa shape index (κ2) is 14.8. The zero-order chi connectivity index (χ0) is 20.6. The Kier molecular flexibility index (Phi) is 12.6. The zero-order valence-corrected chi connectivity index (χ0v) is 17.5. The second-order valence-corrected chi connectivity index (χ2v) is 7.22. The molecular weight excluding hydrogens is 376 g/mol. The van der Waals surface area contributed by atoms with Gasteiger partial charge in [-0.25, -0.2) is 0 Å². The van der Waals surface area contributed by atoms with Crippen molar-refractivity contribution in [1.82, 2.24) is 10.7 Å². The number of benzene rings is 1. The summed E-state index contributed by atoms with van der Waals surface area (Å²) in [6, 6.07) is 3.75. The number of thiocarbonyl (C=S) groups is 1. The molecule has 0 spiro atoms. The molecule has 28 heavy (non-hydrogen) atoms. The maximum atomic E-state index is 10.8. The van der Waals surface area contributed by atoms with Gasteiger partial charge >= 0.3 is 0 Å². The van der Waals surface area contributed by atoms with Crippen LogP contribution in [-0.2, 0) is 0 Å². The van der Waals surface area contributed by atoms with E-state index in [4.69, 9.17) is 12.2 Å². The van der Waals surface area contributed by atoms with Crippen LogP contribution in [0.3, 0.4) is 0 Å². The van der Waals surface area contributed by atoms with Crippen LogP contribution in [0, 0.1) is 10.1 Å². The average molecular weight is 409 g/mol. The lowest BCUT2D eigenvalue weighted by molar-refractivity contribution is -0.384. The highest BCUT2D eigenvalue weighted by atomic mass is 32.1. The Morgan fingerprint density at radius 3 is 2.36 bits per heavy atom. The lowest BCUT2D eigenvalue weighted by Crippen LogP contribution is -2.32. The van der Waals surface area contributed by atoms with E-state index in [0.29, 0.717) is 5.11 Å². The van der Waals surface area contributed by atoms with Crippen molar-refractivity contribution in [3.63, 3.8) is 0 Å². The van der Waals surface area contributed by atoms with E-state index in [-0.39, 0.29) is 17.0 Å². The Hall–Kier alpha value is -2.22. The summed E-state index contributed by atoms with van der Waals surface area (Å²) in [5, 5.41) is 27.8. The van der Waals surface area contributed by atoms with Gasteiger partial charge in [0.15, 0.2) is 5.11 Å². The summed E-state index contributed by atoms with van der Waals surface area (Å²) < 4.78 is 0. The molecule has 0 saturated heterocycles. The van der Waals surface area contributed by atoms with E-state index in [1.807, 2.05) is 0 Å². The van der Waals surface area contributed by atoms with Gasteiger partial charge in [-0.2, -0.15) is 5.10 Å². The number of phenolic OH excluding ortho intramolecular Hbond substituents is 1. The fraction of sp³-hybridized carbons (Fsp3) is 0.600. The molecule has 0 amide bonds. The molecule has 7 nitrogen and oxygen atoms in total. The van der Waals surface area contributed by atoms with Crippen molar-refractivity contribution in [2.75, 3.05) is 6.54 Å². The van der Waals surface area contributed by atoms with Crippen molar-refractivity contribution in [2.24, 2.45) is 5.10 Å². The summed E-state index contributed by atoms with van der Waals surface area (Å²) in [6.45, 7) is 3.02. The third kappa shape index (κ3) is 10.8. The van der Waals surface area contributed by atoms with Crippen molar-refractivity contribution < 1.29 is 10.0 Å². The minimum atomic E-state index is -0.525. The highest BCUT2D eigenvalue weighted by Crippen LogP contribution is 2.21. The first-order valence-electron chi connectivity index (χ1n) is 10.1. The average Bonchev–Trinajstić information content (AvgIpc) is 2.67. The van der Waals surface area contributed by atoms with Crippen LogP contribution in [0.2, 0.25) is 0 Å². The first kappa shape index (κ1) is 23.8. The molecule has 0 heterocycles. The minimum Gasteiger partial charge on any atom is -0.507 e. The standard InChI is InChI=1S/C20H32N4O3S/c1-2-3-4-5-6-7-8-9-10-11-14-21-20(28)23-22-16-17-15-18(24(26)27)12-13-19(17)25/h12-13,15-16,25H,2-11,14H2,1H3,(H2,21,23,28). The van der Waals surface area contributed by atoms with Gasteiger partial charge in [-0.3, -0.25) is 15.5 Å². The van der Waals surface area contributed by atoms with E-state index in [1.54, 1.807) is 0 Å². The number of aromatic hydroxyl groups is 1. The SMILES string of the molecule is CCCCCCCCCCCCNC(=S)NN=Cc1cc([N+](=O)[O-])ccc1O. The van der Waals surface area contributed by atoms with Crippen molar-refractivity contribution in [3.8, 4) is 5.75 Å². The molecule has 0 bridgehead atoms. The molecule has 0 aliphatic carbocycles. The van der Waals surface area contributed by atoms with E-state index in [0.717, 1.165) is 13.0 Å². The molecule has 0 saturated carbocycles. The number of unbranched alkanes of at least 4 members (excludes halogenated alkanes) is 9. The summed E-state index contributed by atoms with van der Waals surface area (Å²) in [5.74, 6) is -0.0830. The predicted molar refractivity (Wildman–Crippen MR) is 118 cm³/mol. The highest BCUT2D eigenvalue weighted by Gasteiger charge is 2.08. The smallest absolute Gasteiger partial charge is 0.270 e. The molecule has 3 N–H and O–H groups in total. The van der Waals surface area contributed by atoms with E-state index in [2.05, 4.69) is 22.8 Å². The molecule has 156 valence electrons. The number of hydrogen-bond donors (Lipinski definition) is 3. The van der Waals surface area contributed by atoms with E-state index < -0.39 is 4.92 Å². The van der Waals surface area contributed by atoms with Gasteiger partial charge < -0.3 is 10.4 Å². The van der Waals surface area contributed by atoms with Gasteiger partial charge in [0.05, 0.1) is 11.1 Å². The van der Waals surface area contributed by atoms with Gasteiger partial charge in [0.2, 0.25) is 0 Å². The van der Waals surface area contributed by atoms with Crippen LogP contribution < -0.4 is 10.7 Å². The summed E-state index contributed by atoms with van der Waals surface area (Å²) in [4.78, 5) is 10.2. The molecule has 1 aromatic rings. The molecule has 0 fully saturated rings. The Morgan fingerprint density at radius 2 is 1.75 bits per heavy atom. The van der Waals surface area contributed by atoms with Crippen LogP contribution in [0.25, 0.3) is 0 Å². The number of nitrogens with zero attached hydrogens (tertiary/aromatic N) is 2. The molecular formula is C20H32N4O3S. The van der Waals surface area contributed by atoms with Crippen molar-refractivity contribution in [1.29, 1.82) is 0 Å². The van der Waals surface area contributed by atoms with Crippen molar-refractivity contribution in [2.45, 2.75) is 71.1 Å². The maximum absolute atomic E-state index is 10.8. The van der Waals surface area contributed by atoms with Crippen molar-refractivity contribution in [3.05, 3.63) is 33.9 Å². The quantitative estimate of drug-likeness (QED) is 0.131. The number of rotatable bonds is 14. The Morgan fingerprint density at radius 1 is 1.14 bits per heavy atom. The summed E-state index contributed by atoms with van der Waals surface area (Å²) in [7, 11) is 0. The fourth-order valence-corrected chi connectivity index (χ4v) is 2.93. The first-order valence-corrected chi connectivity index (χ1v) is 10.5. The second-order valence-electron chi connectivity index (χ2n) is 6.81. The molecule has 0 aliphatic heterocycles. The Bertz CT molecular complexity index is 638. The lowest BCUT2D eigenvalue weighted by atomic mass is 10.1. The summed E-state index contributed by atoms with van der Waals surface area (Å²) in [5.41, 5.74) is 2.79. The topological polar surface area (TPSA) is 99.8 Å². The van der Waals surface area contributed by atoms with Gasteiger partial charge in [0, 0.05) is 24.2 Å². The zero-order valence-electron chi connectivity index (χ0n) is 16.7. The van der Waals surface area contributed by atoms with Gasteiger partial charge in [-0.1, -0.05) is 64.7 Å². The number of phenols is 1. The monoisotopic (exact) mass is 408 g/mol. The Balaban J connectivity index is 2.10. The number of non-ortho nitro benzene ring substituents is 1. The predicted octanol–water partition coefficient (Wildman–Crippen LogP) is 5.02. The van der Waals surface area contributed by atoms with Gasteiger partial charge in [-0.15, -0.1) is 0 Å². The number of nitro groups is 1. The van der Waals surface area contributed by atoms with Crippen LogP contribution in [0.15, 0.2) is 23.3 Å². The normalized spacial score (nSPS) is 10.9. The van der Waals surface area contributed by atoms with Gasteiger partial charge in [-0.05, 0) is 24.7 Å². The van der Waals surface area contributed by atoms with E-state index in [9.17, 15) is 15.2 Å². The van der Waals surface area contributed by atoms with E-state index in [1.165, 1.54) is 82.2 Å². The van der Waals surface area contributed by atoms with E-state index >= 15 is 0 Å². The van der Waals surface area contributed by atoms with Crippen LogP contribution in [0.4, 0.5) is 5.69 Å². The largest absolute Gasteiger partial charge is 0.507 e. The molecule has 0 aliphatic rings. The Labute approximate surface area is 172 Å². The molecule has 0 radical (unpaired) electrons. The number of nitrogens with one attached hydrogen (secondary N) is 2. The summed E-state index contributed by atoms with van der Waals surface area (Å²) in [6.07, 6.45) is 14.1. The van der Waals surface area contributed by atoms with Crippen LogP contribution in [0.1, 0.15) is 76.7 Å². The molecule has 0 unspecified atom stereocenters. The first-order chi connectivity index (χ1) is 13.5. The molecule has 0 aromatic heterocycles. The molecule has 1 rings (SSSR count). The number of hydrogen-bond acceptors (Lipinski definition) is 5. The number of hydrazone groups is 1. The van der Waals surface area contributed by atoms with Gasteiger partial charge in [0.25, 0.3) is 5.69 Å². The van der Waals surface area contributed by atoms with Crippen molar-refractivity contribution >= 4 is 29.2 Å². The molecule has 0 atom stereocenters. The van der Waals surface area contributed by atoms with Crippen LogP contribution in [-0.4, -0.2) is 27.9 Å².